The summed E-state index contributed by atoms with van der Waals surface area (Å²) in [6.07, 6.45) is 3.27. The van der Waals surface area contributed by atoms with Gasteiger partial charge in [0.15, 0.2) is 0 Å². The minimum absolute atomic E-state index is 0.00535. The zero-order chi connectivity index (χ0) is 16.9. The predicted octanol–water partition coefficient (Wildman–Crippen LogP) is 3.46. The van der Waals surface area contributed by atoms with Gasteiger partial charge in [0, 0.05) is 5.92 Å². The first kappa shape index (κ1) is 17.2. The van der Waals surface area contributed by atoms with Gasteiger partial charge in [-0.2, -0.15) is 0 Å². The van der Waals surface area contributed by atoms with Crippen LogP contribution in [0.2, 0.25) is 0 Å². The van der Waals surface area contributed by atoms with E-state index in [4.69, 9.17) is 4.74 Å². The van der Waals surface area contributed by atoms with Crippen molar-refractivity contribution in [3.63, 3.8) is 0 Å². The Morgan fingerprint density at radius 2 is 1.91 bits per heavy atom. The Morgan fingerprint density at radius 3 is 2.57 bits per heavy atom. The van der Waals surface area contributed by atoms with Crippen LogP contribution in [0.1, 0.15) is 52.9 Å². The molecule has 2 saturated heterocycles. The summed E-state index contributed by atoms with van der Waals surface area (Å²) >= 11 is 0. The smallest absolute Gasteiger partial charge is 0.0900 e. The molecule has 1 aliphatic carbocycles. The molecular weight excluding hydrogens is 288 g/mol. The van der Waals surface area contributed by atoms with Gasteiger partial charge in [-0.15, -0.1) is 0 Å². The van der Waals surface area contributed by atoms with Crippen LogP contribution >= 0.6 is 0 Å². The lowest BCUT2D eigenvalue weighted by molar-refractivity contribution is -0.117. The van der Waals surface area contributed by atoms with E-state index in [1.807, 2.05) is 6.92 Å². The minimum Gasteiger partial charge on any atom is -0.389 e. The Balaban J connectivity index is 2.01. The quantitative estimate of drug-likeness (QED) is 0.728. The second-order valence-corrected chi connectivity index (χ2v) is 8.58. The lowest BCUT2D eigenvalue weighted by Gasteiger charge is -2.44. The van der Waals surface area contributed by atoms with E-state index in [0.717, 1.165) is 18.4 Å². The average Bonchev–Trinajstić information content (AvgIpc) is 2.86. The molecule has 2 N–H and O–H groups in total. The van der Waals surface area contributed by atoms with Gasteiger partial charge in [-0.1, -0.05) is 32.6 Å². The summed E-state index contributed by atoms with van der Waals surface area (Å²) < 4.78 is 6.43. The lowest BCUT2D eigenvalue weighted by atomic mass is 9.61. The van der Waals surface area contributed by atoms with E-state index in [1.54, 1.807) is 0 Å². The van der Waals surface area contributed by atoms with Gasteiger partial charge in [0.1, 0.15) is 0 Å². The molecule has 0 amide bonds. The van der Waals surface area contributed by atoms with Crippen molar-refractivity contribution in [3.8, 4) is 0 Å². The van der Waals surface area contributed by atoms with E-state index in [-0.39, 0.29) is 18.1 Å². The maximum atomic E-state index is 11.1. The standard InChI is InChI=1S/C20H32O3/c1-11(2)14-7-6-12(3)17-16-10-13(4)15(21)8-9-20(5,22)19(23-16)18(14)17/h11,14-19,21-22H,3-4,6-10H2,1-2,5H3/t14-,15-,16-,17-,18-,19-,20-/m0/s1. The van der Waals surface area contributed by atoms with Crippen molar-refractivity contribution in [3.05, 3.63) is 24.3 Å². The van der Waals surface area contributed by atoms with Gasteiger partial charge in [0.05, 0.1) is 23.9 Å². The largest absolute Gasteiger partial charge is 0.389 e. The number of rotatable bonds is 1. The number of aliphatic hydroxyl groups excluding tert-OH is 1. The third-order valence-corrected chi connectivity index (χ3v) is 6.58. The molecule has 3 fully saturated rings. The molecule has 7 atom stereocenters. The van der Waals surface area contributed by atoms with Gasteiger partial charge in [0.25, 0.3) is 0 Å². The molecule has 2 aliphatic heterocycles. The van der Waals surface area contributed by atoms with Crippen LogP contribution in [-0.4, -0.2) is 34.1 Å². The zero-order valence-corrected chi connectivity index (χ0v) is 14.8. The van der Waals surface area contributed by atoms with Crippen LogP contribution in [0.4, 0.5) is 0 Å². The molecule has 0 aromatic heterocycles. The third-order valence-electron chi connectivity index (χ3n) is 6.58. The molecule has 0 unspecified atom stereocenters. The topological polar surface area (TPSA) is 49.7 Å². The Labute approximate surface area is 140 Å². The minimum atomic E-state index is -0.909. The summed E-state index contributed by atoms with van der Waals surface area (Å²) in [5.74, 6) is 1.76. The van der Waals surface area contributed by atoms with Crippen molar-refractivity contribution >= 4 is 0 Å². The number of ether oxygens (including phenoxy) is 1. The van der Waals surface area contributed by atoms with Crippen LogP contribution in [0.3, 0.4) is 0 Å². The summed E-state index contributed by atoms with van der Waals surface area (Å²) in [6, 6.07) is 0. The highest BCUT2D eigenvalue weighted by Gasteiger charge is 2.56. The molecular formula is C20H32O3. The third kappa shape index (κ3) is 2.92. The Morgan fingerprint density at radius 1 is 1.22 bits per heavy atom. The average molecular weight is 320 g/mol. The van der Waals surface area contributed by atoms with Crippen LogP contribution in [-0.2, 0) is 4.74 Å². The van der Waals surface area contributed by atoms with E-state index in [9.17, 15) is 10.2 Å². The zero-order valence-electron chi connectivity index (χ0n) is 14.8. The van der Waals surface area contributed by atoms with Crippen molar-refractivity contribution in [2.75, 3.05) is 0 Å². The molecule has 23 heavy (non-hydrogen) atoms. The SMILES string of the molecule is C=C1CC[C@@H](C(C)C)[C@H]2[C@@H]1[C@@H]1CC(=C)[C@@H](O)CC[C@](C)(O)[C@H]2O1. The number of aliphatic hydroxyl groups is 2. The Kier molecular flexibility index (Phi) is 4.50. The molecule has 2 heterocycles. The molecule has 1 saturated carbocycles. The summed E-state index contributed by atoms with van der Waals surface area (Å²) in [6.45, 7) is 14.9. The van der Waals surface area contributed by atoms with E-state index in [0.29, 0.717) is 37.0 Å². The fourth-order valence-corrected chi connectivity index (χ4v) is 5.22. The second-order valence-electron chi connectivity index (χ2n) is 8.58. The summed E-state index contributed by atoms with van der Waals surface area (Å²) in [4.78, 5) is 0. The van der Waals surface area contributed by atoms with Crippen molar-refractivity contribution in [1.82, 2.24) is 0 Å². The first-order chi connectivity index (χ1) is 10.7. The fourth-order valence-electron chi connectivity index (χ4n) is 5.22. The molecule has 0 aromatic rings. The van der Waals surface area contributed by atoms with Gasteiger partial charge in [0.2, 0.25) is 0 Å². The molecule has 3 rings (SSSR count). The van der Waals surface area contributed by atoms with Crippen LogP contribution in [0, 0.1) is 23.7 Å². The van der Waals surface area contributed by atoms with Crippen LogP contribution < -0.4 is 0 Å². The molecule has 2 bridgehead atoms. The molecule has 3 heteroatoms. The van der Waals surface area contributed by atoms with Gasteiger partial charge in [-0.25, -0.2) is 0 Å². The van der Waals surface area contributed by atoms with Crippen molar-refractivity contribution < 1.29 is 14.9 Å². The van der Waals surface area contributed by atoms with Gasteiger partial charge >= 0.3 is 0 Å². The molecule has 130 valence electrons. The summed E-state index contributed by atoms with van der Waals surface area (Å²) in [5.41, 5.74) is 1.19. The van der Waals surface area contributed by atoms with E-state index in [2.05, 4.69) is 27.0 Å². The highest BCUT2D eigenvalue weighted by atomic mass is 16.5. The maximum Gasteiger partial charge on any atom is 0.0900 e. The van der Waals surface area contributed by atoms with E-state index >= 15 is 0 Å². The van der Waals surface area contributed by atoms with E-state index in [1.165, 1.54) is 5.57 Å². The van der Waals surface area contributed by atoms with Crippen LogP contribution in [0.5, 0.6) is 0 Å². The molecule has 3 nitrogen and oxygen atoms in total. The maximum absolute atomic E-state index is 11.1. The Hall–Kier alpha value is -0.640. The lowest BCUT2D eigenvalue weighted by Crippen LogP contribution is -2.48. The second kappa shape index (κ2) is 6.02. The normalized spacial score (nSPS) is 47.9. The van der Waals surface area contributed by atoms with Crippen molar-refractivity contribution in [2.24, 2.45) is 23.7 Å². The highest BCUT2D eigenvalue weighted by molar-refractivity contribution is 5.20. The van der Waals surface area contributed by atoms with E-state index < -0.39 is 11.7 Å². The van der Waals surface area contributed by atoms with Gasteiger partial charge in [-0.3, -0.25) is 0 Å². The fraction of sp³-hybridized carbons (Fsp3) is 0.800. The highest BCUT2D eigenvalue weighted by Crippen LogP contribution is 2.54. The first-order valence-electron chi connectivity index (χ1n) is 9.13. The van der Waals surface area contributed by atoms with Crippen molar-refractivity contribution in [2.45, 2.75) is 76.8 Å². The monoisotopic (exact) mass is 320 g/mol. The summed E-state index contributed by atoms with van der Waals surface area (Å²) in [7, 11) is 0. The number of hydrogen-bond donors (Lipinski definition) is 2. The van der Waals surface area contributed by atoms with Gasteiger partial charge < -0.3 is 14.9 Å². The number of hydrogen-bond acceptors (Lipinski definition) is 3. The predicted molar refractivity (Wildman–Crippen MR) is 92.0 cm³/mol. The molecule has 0 aromatic carbocycles. The molecule has 0 radical (unpaired) electrons. The van der Waals surface area contributed by atoms with Crippen molar-refractivity contribution in [1.29, 1.82) is 0 Å². The van der Waals surface area contributed by atoms with Gasteiger partial charge in [-0.05, 0) is 62.4 Å². The van der Waals surface area contributed by atoms with Crippen LogP contribution in [0.25, 0.3) is 0 Å². The molecule has 0 spiro atoms. The van der Waals surface area contributed by atoms with Crippen LogP contribution in [0.15, 0.2) is 24.3 Å². The summed E-state index contributed by atoms with van der Waals surface area (Å²) in [5, 5.41) is 21.4. The number of fused-ring (bicyclic) bond motifs is 5. The Bertz CT molecular complexity index is 493. The molecule has 3 aliphatic rings. The first-order valence-corrected chi connectivity index (χ1v) is 9.13.